The zero-order valence-electron chi connectivity index (χ0n) is 36.5. The van der Waals surface area contributed by atoms with Crippen LogP contribution in [0.15, 0.2) is 253 Å². The fraction of sp³-hybridized carbons (Fsp3) is 0.0154. The second kappa shape index (κ2) is 14.7. The molecule has 0 fully saturated rings. The molecule has 67 heavy (non-hydrogen) atoms. The minimum absolute atomic E-state index is 0.422. The van der Waals surface area contributed by atoms with E-state index in [4.69, 9.17) is 4.42 Å². The molecular formula is C65H41NO. The van der Waals surface area contributed by atoms with Gasteiger partial charge in [-0.3, -0.25) is 0 Å². The zero-order valence-corrected chi connectivity index (χ0v) is 36.5. The van der Waals surface area contributed by atoms with E-state index in [0.29, 0.717) is 0 Å². The third kappa shape index (κ3) is 5.45. The van der Waals surface area contributed by atoms with Crippen LogP contribution in [0.4, 0.5) is 17.1 Å². The quantitative estimate of drug-likeness (QED) is 0.155. The van der Waals surface area contributed by atoms with Gasteiger partial charge in [-0.2, -0.15) is 0 Å². The van der Waals surface area contributed by atoms with Crippen LogP contribution in [0.25, 0.3) is 88.3 Å². The molecule has 0 aliphatic heterocycles. The molecule has 0 bridgehead atoms. The smallest absolute Gasteiger partial charge is 0.143 e. The van der Waals surface area contributed by atoms with E-state index in [1.165, 1.54) is 66.2 Å². The molecule has 0 N–H and O–H groups in total. The van der Waals surface area contributed by atoms with E-state index in [1.54, 1.807) is 0 Å². The lowest BCUT2D eigenvalue weighted by molar-refractivity contribution is 0.636. The number of hydrogen-bond acceptors (Lipinski definition) is 2. The number of anilines is 3. The van der Waals surface area contributed by atoms with Crippen LogP contribution in [-0.4, -0.2) is 0 Å². The molecule has 2 heteroatoms. The summed E-state index contributed by atoms with van der Waals surface area (Å²) in [5.41, 5.74) is 20.1. The van der Waals surface area contributed by atoms with Gasteiger partial charge in [-0.15, -0.1) is 0 Å². The highest BCUT2D eigenvalue weighted by Crippen LogP contribution is 2.63. The summed E-state index contributed by atoms with van der Waals surface area (Å²) >= 11 is 0. The zero-order chi connectivity index (χ0) is 44.1. The van der Waals surface area contributed by atoms with Gasteiger partial charge >= 0.3 is 0 Å². The van der Waals surface area contributed by atoms with E-state index < -0.39 is 5.41 Å². The topological polar surface area (TPSA) is 16.4 Å². The van der Waals surface area contributed by atoms with E-state index in [0.717, 1.165) is 61.4 Å². The summed E-state index contributed by atoms with van der Waals surface area (Å²) < 4.78 is 6.98. The molecule has 0 radical (unpaired) electrons. The van der Waals surface area contributed by atoms with E-state index in [2.05, 4.69) is 254 Å². The molecule has 0 saturated carbocycles. The first-order chi connectivity index (χ1) is 33.3. The molecule has 0 saturated heterocycles. The first-order valence-corrected chi connectivity index (χ1v) is 23.2. The minimum atomic E-state index is -0.422. The Hall–Kier alpha value is -8.72. The maximum Gasteiger partial charge on any atom is 0.143 e. The van der Waals surface area contributed by atoms with Crippen LogP contribution in [0.5, 0.6) is 0 Å². The van der Waals surface area contributed by atoms with Crippen molar-refractivity contribution in [3.8, 4) is 55.8 Å². The van der Waals surface area contributed by atoms with E-state index >= 15 is 0 Å². The van der Waals surface area contributed by atoms with Crippen molar-refractivity contribution in [1.82, 2.24) is 0 Å². The number of nitrogens with zero attached hydrogens (tertiary/aromatic N) is 1. The van der Waals surface area contributed by atoms with Gasteiger partial charge in [-0.1, -0.05) is 206 Å². The van der Waals surface area contributed by atoms with Crippen molar-refractivity contribution in [3.63, 3.8) is 0 Å². The normalized spacial score (nSPS) is 12.9. The molecule has 14 rings (SSSR count). The van der Waals surface area contributed by atoms with Crippen molar-refractivity contribution < 1.29 is 4.42 Å². The summed E-state index contributed by atoms with van der Waals surface area (Å²) in [5.74, 6) is 0.892. The molecule has 312 valence electrons. The monoisotopic (exact) mass is 851 g/mol. The number of hydrogen-bond donors (Lipinski definition) is 0. The van der Waals surface area contributed by atoms with Crippen LogP contribution in [0.3, 0.4) is 0 Å². The van der Waals surface area contributed by atoms with Gasteiger partial charge in [0.25, 0.3) is 0 Å². The van der Waals surface area contributed by atoms with Gasteiger partial charge in [0.05, 0.1) is 5.41 Å². The summed E-state index contributed by atoms with van der Waals surface area (Å²) in [6, 6.07) is 90.9. The van der Waals surface area contributed by atoms with Crippen LogP contribution in [-0.2, 0) is 5.41 Å². The van der Waals surface area contributed by atoms with E-state index in [9.17, 15) is 0 Å². The number of fused-ring (bicyclic) bond motifs is 16. The van der Waals surface area contributed by atoms with Crippen LogP contribution < -0.4 is 4.90 Å². The number of benzene rings is 11. The maximum atomic E-state index is 6.98. The third-order valence-corrected chi connectivity index (χ3v) is 14.5. The summed E-state index contributed by atoms with van der Waals surface area (Å²) in [6.45, 7) is 0. The van der Waals surface area contributed by atoms with E-state index in [1.807, 2.05) is 0 Å². The van der Waals surface area contributed by atoms with Gasteiger partial charge in [0.2, 0.25) is 0 Å². The van der Waals surface area contributed by atoms with E-state index in [-0.39, 0.29) is 0 Å². The average molecular weight is 852 g/mol. The molecule has 1 spiro atoms. The highest BCUT2D eigenvalue weighted by atomic mass is 16.3. The molecule has 2 aliphatic rings. The molecular weight excluding hydrogens is 811 g/mol. The summed E-state index contributed by atoms with van der Waals surface area (Å²) in [7, 11) is 0. The van der Waals surface area contributed by atoms with Gasteiger partial charge in [0.1, 0.15) is 11.3 Å². The lowest BCUT2D eigenvalue weighted by Crippen LogP contribution is -2.26. The van der Waals surface area contributed by atoms with Gasteiger partial charge in [0.15, 0.2) is 0 Å². The fourth-order valence-electron chi connectivity index (χ4n) is 11.7. The van der Waals surface area contributed by atoms with Crippen molar-refractivity contribution in [3.05, 3.63) is 271 Å². The average Bonchev–Trinajstić information content (AvgIpc) is 4.05. The second-order valence-corrected chi connectivity index (χ2v) is 17.9. The van der Waals surface area contributed by atoms with Crippen LogP contribution >= 0.6 is 0 Å². The van der Waals surface area contributed by atoms with Crippen molar-refractivity contribution >= 4 is 49.6 Å². The predicted octanol–water partition coefficient (Wildman–Crippen LogP) is 17.6. The van der Waals surface area contributed by atoms with Gasteiger partial charge in [-0.25, -0.2) is 0 Å². The Morgan fingerprint density at radius 3 is 1.43 bits per heavy atom. The van der Waals surface area contributed by atoms with Crippen LogP contribution in [0.2, 0.25) is 0 Å². The standard InChI is InChI=1S/C65H41NO/c1-4-18-43(19-5-1)61-62-54-38-34-45(40-56(54)49-24-10-11-28-55(49)64(62)67-63(61)44-20-6-2-7-21-44)42-32-35-47(36-33-42)66(46-22-8-3-9-23-46)48-37-39-53-52-27-14-17-31-59(52)65(60(53)41-48)57-29-15-12-25-50(57)51-26-13-16-30-58(51)65/h1-41H. The molecule has 0 atom stereocenters. The molecule has 0 unspecified atom stereocenters. The third-order valence-electron chi connectivity index (χ3n) is 14.5. The molecule has 1 aromatic heterocycles. The molecule has 1 heterocycles. The summed E-state index contributed by atoms with van der Waals surface area (Å²) in [6.07, 6.45) is 0. The highest BCUT2D eigenvalue weighted by Gasteiger charge is 2.51. The Bertz CT molecular complexity index is 3840. The molecule has 12 aromatic rings. The largest absolute Gasteiger partial charge is 0.455 e. The Morgan fingerprint density at radius 1 is 0.299 bits per heavy atom. The number of para-hydroxylation sites is 1. The van der Waals surface area contributed by atoms with Crippen molar-refractivity contribution in [1.29, 1.82) is 0 Å². The van der Waals surface area contributed by atoms with Crippen molar-refractivity contribution in [2.24, 2.45) is 0 Å². The number of furan rings is 1. The maximum absolute atomic E-state index is 6.98. The highest BCUT2D eigenvalue weighted by molar-refractivity contribution is 6.29. The van der Waals surface area contributed by atoms with Gasteiger partial charge < -0.3 is 9.32 Å². The summed E-state index contributed by atoms with van der Waals surface area (Å²) in [4.78, 5) is 2.41. The lowest BCUT2D eigenvalue weighted by atomic mass is 9.70. The van der Waals surface area contributed by atoms with Crippen molar-refractivity contribution in [2.45, 2.75) is 5.41 Å². The van der Waals surface area contributed by atoms with Crippen molar-refractivity contribution in [2.75, 3.05) is 4.90 Å². The van der Waals surface area contributed by atoms with Crippen LogP contribution in [0, 0.1) is 0 Å². The minimum Gasteiger partial charge on any atom is -0.455 e. The Labute approximate surface area is 389 Å². The SMILES string of the molecule is c1ccc(-c2oc3c4ccccc4c4cc(-c5ccc(N(c6ccccc6)c6ccc7c(c6)C6(c8ccccc8-c8ccccc86)c6ccccc6-7)cc5)ccc4c3c2-c2ccccc2)cc1. The molecule has 2 nitrogen and oxygen atoms in total. The second-order valence-electron chi connectivity index (χ2n) is 17.9. The van der Waals surface area contributed by atoms with Gasteiger partial charge in [0, 0.05) is 39.0 Å². The van der Waals surface area contributed by atoms with Crippen LogP contribution in [0.1, 0.15) is 22.3 Å². The first-order valence-electron chi connectivity index (χ1n) is 23.2. The number of rotatable bonds is 6. The predicted molar refractivity (Wildman–Crippen MR) is 279 cm³/mol. The molecule has 2 aliphatic carbocycles. The first kappa shape index (κ1) is 37.6. The Kier molecular flexibility index (Phi) is 8.23. The lowest BCUT2D eigenvalue weighted by Gasteiger charge is -2.32. The van der Waals surface area contributed by atoms with Gasteiger partial charge in [-0.05, 0) is 120 Å². The molecule has 0 amide bonds. The Morgan fingerprint density at radius 2 is 0.791 bits per heavy atom. The fourth-order valence-corrected chi connectivity index (χ4v) is 11.7. The summed E-state index contributed by atoms with van der Waals surface area (Å²) in [5, 5.41) is 5.81. The molecule has 11 aromatic carbocycles. The Balaban J connectivity index is 0.921.